The van der Waals surface area contributed by atoms with Crippen LogP contribution in [-0.4, -0.2) is 28.9 Å². The first-order valence-corrected chi connectivity index (χ1v) is 11.1. The van der Waals surface area contributed by atoms with Gasteiger partial charge in [-0.1, -0.05) is 12.1 Å². The third-order valence-corrected chi connectivity index (χ3v) is 6.37. The predicted octanol–water partition coefficient (Wildman–Crippen LogP) is 3.08. The van der Waals surface area contributed by atoms with Crippen molar-refractivity contribution in [2.45, 2.75) is 25.3 Å². The van der Waals surface area contributed by atoms with Gasteiger partial charge in [0.2, 0.25) is 0 Å². The highest BCUT2D eigenvalue weighted by Crippen LogP contribution is 2.19. The molecule has 158 valence electrons. The number of hydrogen-bond acceptors (Lipinski definition) is 5. The molecular formula is C22H21N5O3S. The highest BCUT2D eigenvalue weighted by molar-refractivity contribution is 7.92. The molecule has 2 aromatic heterocycles. The van der Waals surface area contributed by atoms with Gasteiger partial charge >= 0.3 is 0 Å². The van der Waals surface area contributed by atoms with Crippen LogP contribution in [0.3, 0.4) is 0 Å². The third kappa shape index (κ3) is 4.41. The number of nitrogens with one attached hydrogen (secondary N) is 2. The van der Waals surface area contributed by atoms with Crippen molar-refractivity contribution in [1.29, 1.82) is 0 Å². The lowest BCUT2D eigenvalue weighted by molar-refractivity contribution is 0.0949. The summed E-state index contributed by atoms with van der Waals surface area (Å²) in [5.74, 6) is 0.263. The first-order valence-electron chi connectivity index (χ1n) is 9.60. The fourth-order valence-electron chi connectivity index (χ4n) is 3.08. The van der Waals surface area contributed by atoms with Crippen LogP contribution in [0.2, 0.25) is 0 Å². The maximum Gasteiger partial charge on any atom is 0.261 e. The van der Waals surface area contributed by atoms with Gasteiger partial charge in [-0.3, -0.25) is 13.9 Å². The summed E-state index contributed by atoms with van der Waals surface area (Å²) in [5.41, 5.74) is 3.60. The molecule has 2 aromatic carbocycles. The zero-order valence-electron chi connectivity index (χ0n) is 17.0. The van der Waals surface area contributed by atoms with E-state index < -0.39 is 10.0 Å². The Kier molecular flexibility index (Phi) is 5.43. The molecule has 0 bridgehead atoms. The van der Waals surface area contributed by atoms with Crippen molar-refractivity contribution >= 4 is 27.3 Å². The van der Waals surface area contributed by atoms with E-state index in [1.807, 2.05) is 44.3 Å². The Morgan fingerprint density at radius 2 is 1.74 bits per heavy atom. The third-order valence-electron chi connectivity index (χ3n) is 4.98. The summed E-state index contributed by atoms with van der Waals surface area (Å²) >= 11 is 0. The number of amides is 1. The second-order valence-corrected chi connectivity index (χ2v) is 8.84. The highest BCUT2D eigenvalue weighted by atomic mass is 32.2. The number of pyridine rings is 1. The minimum absolute atomic E-state index is 0.0747. The Hall–Kier alpha value is -3.72. The molecule has 0 unspecified atom stereocenters. The summed E-state index contributed by atoms with van der Waals surface area (Å²) in [4.78, 5) is 12.5. The molecule has 0 fully saturated rings. The van der Waals surface area contributed by atoms with Gasteiger partial charge in [0.25, 0.3) is 15.9 Å². The topological polar surface area (TPSA) is 105 Å². The molecule has 0 aliphatic heterocycles. The van der Waals surface area contributed by atoms with E-state index in [1.165, 1.54) is 24.3 Å². The normalized spacial score (nSPS) is 11.4. The van der Waals surface area contributed by atoms with Crippen molar-refractivity contribution in [2.24, 2.45) is 0 Å². The quantitative estimate of drug-likeness (QED) is 0.484. The van der Waals surface area contributed by atoms with Crippen molar-refractivity contribution in [1.82, 2.24) is 19.9 Å². The lowest BCUT2D eigenvalue weighted by Crippen LogP contribution is -2.24. The van der Waals surface area contributed by atoms with Gasteiger partial charge < -0.3 is 5.32 Å². The summed E-state index contributed by atoms with van der Waals surface area (Å²) in [6.07, 6.45) is 1.82. The van der Waals surface area contributed by atoms with Crippen molar-refractivity contribution in [3.05, 3.63) is 89.4 Å². The first-order chi connectivity index (χ1) is 14.8. The molecule has 0 spiro atoms. The van der Waals surface area contributed by atoms with Gasteiger partial charge in [0, 0.05) is 17.4 Å². The van der Waals surface area contributed by atoms with Gasteiger partial charge in [-0.25, -0.2) is 8.42 Å². The van der Waals surface area contributed by atoms with E-state index in [4.69, 9.17) is 0 Å². The number of aromatic nitrogens is 3. The standard InChI is InChI=1S/C22H21N5O3S/c1-15-6-9-18(13-16(15)2)26-31(29,30)19-10-7-17(8-11-19)22(28)23-14-21-25-24-20-5-3-4-12-27(20)21/h3-13,26H,14H2,1-2H3,(H,23,28). The van der Waals surface area contributed by atoms with E-state index in [2.05, 4.69) is 20.2 Å². The second kappa shape index (κ2) is 8.19. The maximum absolute atomic E-state index is 12.7. The van der Waals surface area contributed by atoms with Gasteiger partial charge in [0.05, 0.1) is 11.4 Å². The van der Waals surface area contributed by atoms with Crippen LogP contribution in [-0.2, 0) is 16.6 Å². The minimum Gasteiger partial charge on any atom is -0.345 e. The number of carbonyl (C=O) groups excluding carboxylic acids is 1. The Morgan fingerprint density at radius 1 is 0.968 bits per heavy atom. The summed E-state index contributed by atoms with van der Waals surface area (Å²) in [6, 6.07) is 16.7. The highest BCUT2D eigenvalue weighted by Gasteiger charge is 2.16. The zero-order chi connectivity index (χ0) is 22.0. The van der Waals surface area contributed by atoms with Crippen LogP contribution in [0.4, 0.5) is 5.69 Å². The number of rotatable bonds is 6. The summed E-state index contributed by atoms with van der Waals surface area (Å²) < 4.78 is 29.7. The van der Waals surface area contributed by atoms with Crippen LogP contribution in [0.5, 0.6) is 0 Å². The van der Waals surface area contributed by atoms with Crippen LogP contribution in [0.25, 0.3) is 5.65 Å². The Labute approximate surface area is 180 Å². The van der Waals surface area contributed by atoms with Gasteiger partial charge in [-0.2, -0.15) is 0 Å². The Morgan fingerprint density at radius 3 is 2.48 bits per heavy atom. The number of carbonyl (C=O) groups is 1. The molecule has 1 amide bonds. The lowest BCUT2D eigenvalue weighted by atomic mass is 10.1. The number of nitrogens with zero attached hydrogens (tertiary/aromatic N) is 3. The number of anilines is 1. The van der Waals surface area contributed by atoms with Crippen LogP contribution < -0.4 is 10.0 Å². The van der Waals surface area contributed by atoms with Gasteiger partial charge in [-0.05, 0) is 73.5 Å². The van der Waals surface area contributed by atoms with E-state index in [9.17, 15) is 13.2 Å². The van der Waals surface area contributed by atoms with Crippen molar-refractivity contribution in [2.75, 3.05) is 4.72 Å². The molecule has 8 nitrogen and oxygen atoms in total. The fraction of sp³-hybridized carbons (Fsp3) is 0.136. The lowest BCUT2D eigenvalue weighted by Gasteiger charge is -2.10. The Bertz CT molecular complexity index is 1360. The van der Waals surface area contributed by atoms with Crippen LogP contribution in [0.15, 0.2) is 71.8 Å². The molecule has 4 rings (SSSR count). The average Bonchev–Trinajstić information content (AvgIpc) is 3.18. The molecule has 0 saturated heterocycles. The summed E-state index contributed by atoms with van der Waals surface area (Å²) in [7, 11) is -3.76. The monoisotopic (exact) mass is 435 g/mol. The molecule has 4 aromatic rings. The molecule has 0 atom stereocenters. The number of hydrogen-bond donors (Lipinski definition) is 2. The second-order valence-electron chi connectivity index (χ2n) is 7.16. The number of fused-ring (bicyclic) bond motifs is 1. The fourth-order valence-corrected chi connectivity index (χ4v) is 4.13. The van der Waals surface area contributed by atoms with Crippen LogP contribution in [0.1, 0.15) is 27.3 Å². The van der Waals surface area contributed by atoms with E-state index in [1.54, 1.807) is 16.5 Å². The number of aryl methyl sites for hydroxylation is 2. The predicted molar refractivity (Wildman–Crippen MR) is 117 cm³/mol. The maximum atomic E-state index is 12.7. The van der Waals surface area contributed by atoms with Crippen LogP contribution in [0, 0.1) is 13.8 Å². The van der Waals surface area contributed by atoms with Gasteiger partial charge in [-0.15, -0.1) is 10.2 Å². The van der Waals surface area contributed by atoms with Crippen molar-refractivity contribution in [3.63, 3.8) is 0 Å². The zero-order valence-corrected chi connectivity index (χ0v) is 17.8. The van der Waals surface area contributed by atoms with Gasteiger partial charge in [0.15, 0.2) is 11.5 Å². The number of sulfonamides is 1. The molecule has 9 heteroatoms. The largest absolute Gasteiger partial charge is 0.345 e. The van der Waals surface area contributed by atoms with Crippen molar-refractivity contribution in [3.8, 4) is 0 Å². The molecule has 2 heterocycles. The van der Waals surface area contributed by atoms with E-state index in [0.29, 0.717) is 22.7 Å². The smallest absolute Gasteiger partial charge is 0.261 e. The van der Waals surface area contributed by atoms with Crippen molar-refractivity contribution < 1.29 is 13.2 Å². The first kappa shape index (κ1) is 20.5. The molecule has 0 radical (unpaired) electrons. The minimum atomic E-state index is -3.76. The SMILES string of the molecule is Cc1ccc(NS(=O)(=O)c2ccc(C(=O)NCc3nnc4ccccn34)cc2)cc1C. The average molecular weight is 436 g/mol. The molecule has 0 aliphatic carbocycles. The molecule has 0 aliphatic rings. The molecule has 2 N–H and O–H groups in total. The Balaban J connectivity index is 1.44. The molecule has 0 saturated carbocycles. The van der Waals surface area contributed by atoms with Crippen LogP contribution >= 0.6 is 0 Å². The number of benzene rings is 2. The summed E-state index contributed by atoms with van der Waals surface area (Å²) in [5, 5.41) is 10.9. The molecule has 31 heavy (non-hydrogen) atoms. The van der Waals surface area contributed by atoms with E-state index in [0.717, 1.165) is 11.1 Å². The van der Waals surface area contributed by atoms with E-state index in [-0.39, 0.29) is 17.3 Å². The van der Waals surface area contributed by atoms with E-state index >= 15 is 0 Å². The van der Waals surface area contributed by atoms with Gasteiger partial charge in [0.1, 0.15) is 0 Å². The summed E-state index contributed by atoms with van der Waals surface area (Å²) in [6.45, 7) is 4.07. The molecular weight excluding hydrogens is 414 g/mol.